The SMILES string of the molecule is Cc1ccc(C(=O)N2CCn3c(nnc3C(=O)N(C)C)C2)cc1. The second kappa shape index (κ2) is 5.83. The molecular weight excluding hydrogens is 294 g/mol. The molecule has 3 rings (SSSR count). The first kappa shape index (κ1) is 15.2. The third-order valence-corrected chi connectivity index (χ3v) is 3.94. The lowest BCUT2D eigenvalue weighted by Crippen LogP contribution is -2.39. The van der Waals surface area contributed by atoms with Crippen molar-refractivity contribution in [1.82, 2.24) is 24.6 Å². The number of hydrogen-bond donors (Lipinski definition) is 0. The minimum atomic E-state index is -0.179. The lowest BCUT2D eigenvalue weighted by molar-refractivity contribution is 0.0703. The summed E-state index contributed by atoms with van der Waals surface area (Å²) in [6, 6.07) is 7.51. The molecule has 0 atom stereocenters. The average Bonchev–Trinajstić information content (AvgIpc) is 2.97. The maximum Gasteiger partial charge on any atom is 0.291 e. The van der Waals surface area contributed by atoms with Gasteiger partial charge in [-0.1, -0.05) is 17.7 Å². The van der Waals surface area contributed by atoms with Gasteiger partial charge in [-0.25, -0.2) is 0 Å². The van der Waals surface area contributed by atoms with Gasteiger partial charge in [-0.2, -0.15) is 0 Å². The predicted molar refractivity (Wildman–Crippen MR) is 84.0 cm³/mol. The van der Waals surface area contributed by atoms with Gasteiger partial charge in [0.1, 0.15) is 0 Å². The van der Waals surface area contributed by atoms with E-state index >= 15 is 0 Å². The average molecular weight is 313 g/mol. The number of amides is 2. The van der Waals surface area contributed by atoms with Gasteiger partial charge in [0.15, 0.2) is 5.82 Å². The molecular formula is C16H19N5O2. The van der Waals surface area contributed by atoms with Gasteiger partial charge in [0.05, 0.1) is 6.54 Å². The van der Waals surface area contributed by atoms with Crippen LogP contribution < -0.4 is 0 Å². The van der Waals surface area contributed by atoms with Gasteiger partial charge in [-0.3, -0.25) is 9.59 Å². The second-order valence-electron chi connectivity index (χ2n) is 5.88. The Labute approximate surface area is 134 Å². The van der Waals surface area contributed by atoms with Crippen LogP contribution in [0.25, 0.3) is 0 Å². The van der Waals surface area contributed by atoms with Gasteiger partial charge in [0, 0.05) is 32.7 Å². The standard InChI is InChI=1S/C16H19N5O2/c1-11-4-6-12(7-5-11)15(22)20-8-9-21-13(10-20)17-18-14(21)16(23)19(2)3/h4-7H,8-10H2,1-3H3. The Balaban J connectivity index is 1.80. The minimum absolute atomic E-state index is 0.0280. The van der Waals surface area contributed by atoms with E-state index in [2.05, 4.69) is 10.2 Å². The number of rotatable bonds is 2. The van der Waals surface area contributed by atoms with Crippen LogP contribution in [0.3, 0.4) is 0 Å². The number of aromatic nitrogens is 3. The highest BCUT2D eigenvalue weighted by molar-refractivity contribution is 5.94. The zero-order chi connectivity index (χ0) is 16.6. The lowest BCUT2D eigenvalue weighted by Gasteiger charge is -2.28. The van der Waals surface area contributed by atoms with Crippen molar-refractivity contribution in [2.24, 2.45) is 0 Å². The van der Waals surface area contributed by atoms with Gasteiger partial charge in [0.2, 0.25) is 5.82 Å². The van der Waals surface area contributed by atoms with Gasteiger partial charge < -0.3 is 14.4 Å². The van der Waals surface area contributed by atoms with Crippen LogP contribution in [0.15, 0.2) is 24.3 Å². The van der Waals surface area contributed by atoms with Crippen molar-refractivity contribution in [2.75, 3.05) is 20.6 Å². The van der Waals surface area contributed by atoms with E-state index in [4.69, 9.17) is 0 Å². The highest BCUT2D eigenvalue weighted by Crippen LogP contribution is 2.16. The fourth-order valence-corrected chi connectivity index (χ4v) is 2.57. The van der Waals surface area contributed by atoms with Crippen molar-refractivity contribution >= 4 is 11.8 Å². The Kier molecular flexibility index (Phi) is 3.85. The third-order valence-electron chi connectivity index (χ3n) is 3.94. The second-order valence-corrected chi connectivity index (χ2v) is 5.88. The van der Waals surface area contributed by atoms with Gasteiger partial charge >= 0.3 is 0 Å². The molecule has 0 radical (unpaired) electrons. The molecule has 1 aromatic heterocycles. The predicted octanol–water partition coefficient (Wildman–Crippen LogP) is 0.944. The fourth-order valence-electron chi connectivity index (χ4n) is 2.57. The molecule has 23 heavy (non-hydrogen) atoms. The number of fused-ring (bicyclic) bond motifs is 1. The summed E-state index contributed by atoms with van der Waals surface area (Å²) in [4.78, 5) is 27.8. The quantitative estimate of drug-likeness (QED) is 0.827. The first-order chi connectivity index (χ1) is 11.0. The Hall–Kier alpha value is -2.70. The number of nitrogens with zero attached hydrogens (tertiary/aromatic N) is 5. The van der Waals surface area contributed by atoms with Gasteiger partial charge in [-0.05, 0) is 19.1 Å². The van der Waals surface area contributed by atoms with Crippen LogP contribution in [0, 0.1) is 6.92 Å². The molecule has 0 bridgehead atoms. The first-order valence-electron chi connectivity index (χ1n) is 7.47. The van der Waals surface area contributed by atoms with Crippen LogP contribution in [-0.4, -0.2) is 57.0 Å². The van der Waals surface area contributed by atoms with E-state index < -0.39 is 0 Å². The molecule has 0 saturated heterocycles. The molecule has 0 N–H and O–H groups in total. The minimum Gasteiger partial charge on any atom is -0.342 e. The highest BCUT2D eigenvalue weighted by Gasteiger charge is 2.27. The molecule has 2 heterocycles. The van der Waals surface area contributed by atoms with Crippen molar-refractivity contribution in [3.8, 4) is 0 Å². The number of carbonyl (C=O) groups excluding carboxylic acids is 2. The molecule has 7 nitrogen and oxygen atoms in total. The molecule has 0 unspecified atom stereocenters. The molecule has 2 amide bonds. The molecule has 1 aliphatic rings. The molecule has 1 aliphatic heterocycles. The summed E-state index contributed by atoms with van der Waals surface area (Å²) in [7, 11) is 3.36. The van der Waals surface area contributed by atoms with E-state index in [1.165, 1.54) is 4.90 Å². The third kappa shape index (κ3) is 2.81. The number of hydrogen-bond acceptors (Lipinski definition) is 4. The number of aryl methyl sites for hydroxylation is 1. The zero-order valence-electron chi connectivity index (χ0n) is 13.5. The summed E-state index contributed by atoms with van der Waals surface area (Å²) in [5, 5.41) is 8.05. The molecule has 0 fully saturated rings. The van der Waals surface area contributed by atoms with Crippen LogP contribution in [0.5, 0.6) is 0 Å². The first-order valence-corrected chi connectivity index (χ1v) is 7.47. The Morgan fingerprint density at radius 2 is 1.78 bits per heavy atom. The van der Waals surface area contributed by atoms with Gasteiger partial charge in [-0.15, -0.1) is 10.2 Å². The van der Waals surface area contributed by atoms with Crippen LogP contribution >= 0.6 is 0 Å². The van der Waals surface area contributed by atoms with Crippen LogP contribution in [0.1, 0.15) is 32.4 Å². The smallest absolute Gasteiger partial charge is 0.291 e. The summed E-state index contributed by atoms with van der Waals surface area (Å²) in [5.74, 6) is 0.760. The maximum absolute atomic E-state index is 12.6. The Morgan fingerprint density at radius 3 is 2.43 bits per heavy atom. The lowest BCUT2D eigenvalue weighted by atomic mass is 10.1. The molecule has 2 aromatic rings. The summed E-state index contributed by atoms with van der Waals surface area (Å²) < 4.78 is 1.79. The zero-order valence-corrected chi connectivity index (χ0v) is 13.5. The molecule has 0 saturated carbocycles. The van der Waals surface area contributed by atoms with Crippen LogP contribution in [-0.2, 0) is 13.1 Å². The summed E-state index contributed by atoms with van der Waals surface area (Å²) in [5.41, 5.74) is 1.78. The van der Waals surface area contributed by atoms with E-state index in [-0.39, 0.29) is 11.8 Å². The number of benzene rings is 1. The van der Waals surface area contributed by atoms with E-state index in [1.54, 1.807) is 23.6 Å². The summed E-state index contributed by atoms with van der Waals surface area (Å²) in [6.07, 6.45) is 0. The fraction of sp³-hybridized carbons (Fsp3) is 0.375. The molecule has 0 spiro atoms. The highest BCUT2D eigenvalue weighted by atomic mass is 16.2. The Morgan fingerprint density at radius 1 is 1.09 bits per heavy atom. The molecule has 120 valence electrons. The van der Waals surface area contributed by atoms with Crippen LogP contribution in [0.2, 0.25) is 0 Å². The topological polar surface area (TPSA) is 71.3 Å². The van der Waals surface area contributed by atoms with Crippen LogP contribution in [0.4, 0.5) is 0 Å². The molecule has 0 aliphatic carbocycles. The normalized spacial score (nSPS) is 13.6. The number of carbonyl (C=O) groups is 2. The van der Waals surface area contributed by atoms with Crippen molar-refractivity contribution in [2.45, 2.75) is 20.0 Å². The summed E-state index contributed by atoms with van der Waals surface area (Å²) in [6.45, 7) is 3.40. The molecule has 7 heteroatoms. The van der Waals surface area contributed by atoms with E-state index in [9.17, 15) is 9.59 Å². The molecule has 1 aromatic carbocycles. The van der Waals surface area contributed by atoms with E-state index in [0.717, 1.165) is 5.56 Å². The van der Waals surface area contributed by atoms with Crippen molar-refractivity contribution in [1.29, 1.82) is 0 Å². The van der Waals surface area contributed by atoms with Crippen molar-refractivity contribution < 1.29 is 9.59 Å². The maximum atomic E-state index is 12.6. The van der Waals surface area contributed by atoms with E-state index in [0.29, 0.717) is 36.8 Å². The van der Waals surface area contributed by atoms with Crippen molar-refractivity contribution in [3.63, 3.8) is 0 Å². The largest absolute Gasteiger partial charge is 0.342 e. The Bertz CT molecular complexity index is 748. The summed E-state index contributed by atoms with van der Waals surface area (Å²) >= 11 is 0. The monoisotopic (exact) mass is 313 g/mol. The van der Waals surface area contributed by atoms with Crippen molar-refractivity contribution in [3.05, 3.63) is 47.0 Å². The van der Waals surface area contributed by atoms with E-state index in [1.807, 2.05) is 31.2 Å². The van der Waals surface area contributed by atoms with Gasteiger partial charge in [0.25, 0.3) is 11.8 Å².